The summed E-state index contributed by atoms with van der Waals surface area (Å²) in [5.41, 5.74) is 1.31. The van der Waals surface area contributed by atoms with E-state index in [9.17, 15) is 14.4 Å². The molecule has 0 unspecified atom stereocenters. The predicted octanol–water partition coefficient (Wildman–Crippen LogP) is 2.76. The van der Waals surface area contributed by atoms with Gasteiger partial charge in [-0.2, -0.15) is 0 Å². The number of aromatic nitrogens is 1. The molecular formula is C26H27N3O5. The molecule has 176 valence electrons. The number of hydrogen-bond acceptors (Lipinski definition) is 5. The minimum Gasteiger partial charge on any atom is -0.464 e. The zero-order valence-electron chi connectivity index (χ0n) is 19.0. The second kappa shape index (κ2) is 10.4. The number of aryl methyl sites for hydroxylation is 1. The van der Waals surface area contributed by atoms with Gasteiger partial charge in [-0.05, 0) is 36.6 Å². The van der Waals surface area contributed by atoms with Gasteiger partial charge in [0, 0.05) is 25.5 Å². The number of furan rings is 1. The first-order valence-electron chi connectivity index (χ1n) is 11.1. The fraction of sp³-hybridized carbons (Fsp3) is 0.269. The first kappa shape index (κ1) is 23.3. The third-order valence-electron chi connectivity index (χ3n) is 5.65. The Morgan fingerprint density at radius 2 is 1.85 bits per heavy atom. The average Bonchev–Trinajstić information content (AvgIpc) is 3.26. The number of benzene rings is 1. The molecule has 34 heavy (non-hydrogen) atoms. The lowest BCUT2D eigenvalue weighted by atomic mass is 9.97. The van der Waals surface area contributed by atoms with Gasteiger partial charge in [-0.25, -0.2) is 0 Å². The lowest BCUT2D eigenvalue weighted by Gasteiger charge is -2.26. The van der Waals surface area contributed by atoms with Gasteiger partial charge in [0.25, 0.3) is 11.8 Å². The fourth-order valence-corrected chi connectivity index (χ4v) is 3.98. The van der Waals surface area contributed by atoms with E-state index in [0.29, 0.717) is 12.4 Å². The standard InChI is InChI=1S/C26H27N3O5/c1-3-11-27-25(31)21-15-29(14-19-9-8-17(2)34-19)16-22(24(21)30)26(32)28-13-23-20-7-5-4-6-18(20)10-12-33-23/h3-9,15-16,23H,1,10-14H2,2H3,(H,27,31)(H,28,32)/t23-/m0/s1. The molecule has 3 aromatic rings. The molecule has 2 aromatic heterocycles. The van der Waals surface area contributed by atoms with Crippen LogP contribution in [0.3, 0.4) is 0 Å². The molecular weight excluding hydrogens is 434 g/mol. The smallest absolute Gasteiger partial charge is 0.257 e. The largest absolute Gasteiger partial charge is 0.464 e. The van der Waals surface area contributed by atoms with Gasteiger partial charge in [0.15, 0.2) is 0 Å². The molecule has 1 aliphatic heterocycles. The van der Waals surface area contributed by atoms with Gasteiger partial charge in [-0.1, -0.05) is 30.3 Å². The minimum atomic E-state index is -0.643. The van der Waals surface area contributed by atoms with Crippen molar-refractivity contribution in [2.45, 2.75) is 26.0 Å². The summed E-state index contributed by atoms with van der Waals surface area (Å²) in [5, 5.41) is 5.41. The van der Waals surface area contributed by atoms with Gasteiger partial charge >= 0.3 is 0 Å². The summed E-state index contributed by atoms with van der Waals surface area (Å²) in [6.45, 7) is 6.62. The lowest BCUT2D eigenvalue weighted by molar-refractivity contribution is 0.0411. The minimum absolute atomic E-state index is 0.126. The number of rotatable bonds is 8. The first-order valence-corrected chi connectivity index (χ1v) is 11.1. The van der Waals surface area contributed by atoms with Crippen LogP contribution >= 0.6 is 0 Å². The molecule has 4 rings (SSSR count). The highest BCUT2D eigenvalue weighted by molar-refractivity contribution is 5.99. The maximum absolute atomic E-state index is 13.1. The number of nitrogens with one attached hydrogen (secondary N) is 2. The molecule has 0 spiro atoms. The summed E-state index contributed by atoms with van der Waals surface area (Å²) in [6.07, 6.45) is 4.90. The van der Waals surface area contributed by atoms with Crippen LogP contribution in [0.15, 0.2) is 70.7 Å². The Labute approximate surface area is 197 Å². The lowest BCUT2D eigenvalue weighted by Crippen LogP contribution is -2.37. The van der Waals surface area contributed by atoms with Crippen molar-refractivity contribution in [3.05, 3.63) is 105 Å². The van der Waals surface area contributed by atoms with Crippen LogP contribution in [0.5, 0.6) is 0 Å². The van der Waals surface area contributed by atoms with Crippen molar-refractivity contribution in [2.75, 3.05) is 19.7 Å². The van der Waals surface area contributed by atoms with Crippen LogP contribution in [-0.2, 0) is 17.7 Å². The Bertz CT molecular complexity index is 1270. The van der Waals surface area contributed by atoms with Crippen molar-refractivity contribution in [3.8, 4) is 0 Å². The van der Waals surface area contributed by atoms with E-state index < -0.39 is 17.2 Å². The topological polar surface area (TPSA) is 103 Å². The van der Waals surface area contributed by atoms with Crippen LogP contribution in [0.2, 0.25) is 0 Å². The summed E-state index contributed by atoms with van der Waals surface area (Å²) >= 11 is 0. The molecule has 0 fully saturated rings. The van der Waals surface area contributed by atoms with E-state index >= 15 is 0 Å². The molecule has 8 heteroatoms. The Morgan fingerprint density at radius 3 is 2.56 bits per heavy atom. The number of carbonyl (C=O) groups excluding carboxylic acids is 2. The number of amides is 2. The molecule has 2 amide bonds. The van der Waals surface area contributed by atoms with Crippen LogP contribution in [0, 0.1) is 6.92 Å². The number of ether oxygens (including phenoxy) is 1. The van der Waals surface area contributed by atoms with Crippen LogP contribution in [-0.4, -0.2) is 36.1 Å². The predicted molar refractivity (Wildman–Crippen MR) is 127 cm³/mol. The zero-order chi connectivity index (χ0) is 24.1. The molecule has 1 atom stereocenters. The fourth-order valence-electron chi connectivity index (χ4n) is 3.98. The summed E-state index contributed by atoms with van der Waals surface area (Å²) in [7, 11) is 0. The van der Waals surface area contributed by atoms with E-state index in [1.807, 2.05) is 43.3 Å². The van der Waals surface area contributed by atoms with Crippen molar-refractivity contribution >= 4 is 11.8 Å². The van der Waals surface area contributed by atoms with E-state index in [1.165, 1.54) is 24.0 Å². The third kappa shape index (κ3) is 5.18. The van der Waals surface area contributed by atoms with Crippen molar-refractivity contribution in [1.29, 1.82) is 0 Å². The zero-order valence-corrected chi connectivity index (χ0v) is 19.0. The Balaban J connectivity index is 1.59. The van der Waals surface area contributed by atoms with Crippen molar-refractivity contribution in [3.63, 3.8) is 0 Å². The Hall–Kier alpha value is -3.91. The molecule has 0 bridgehead atoms. The summed E-state index contributed by atoms with van der Waals surface area (Å²) in [5.74, 6) is 0.232. The first-order chi connectivity index (χ1) is 16.5. The number of carbonyl (C=O) groups is 2. The van der Waals surface area contributed by atoms with E-state index in [-0.39, 0.29) is 36.9 Å². The number of pyridine rings is 1. The van der Waals surface area contributed by atoms with Crippen LogP contribution in [0.25, 0.3) is 0 Å². The number of hydrogen-bond donors (Lipinski definition) is 2. The molecule has 2 N–H and O–H groups in total. The van der Waals surface area contributed by atoms with Crippen molar-refractivity contribution in [2.24, 2.45) is 0 Å². The van der Waals surface area contributed by atoms with Crippen molar-refractivity contribution < 1.29 is 18.7 Å². The highest BCUT2D eigenvalue weighted by Crippen LogP contribution is 2.26. The Morgan fingerprint density at radius 1 is 1.12 bits per heavy atom. The van der Waals surface area contributed by atoms with E-state index in [4.69, 9.17) is 9.15 Å². The average molecular weight is 462 g/mol. The van der Waals surface area contributed by atoms with Gasteiger partial charge in [0.05, 0.1) is 13.2 Å². The molecule has 0 saturated heterocycles. The summed E-state index contributed by atoms with van der Waals surface area (Å²) in [6, 6.07) is 11.6. The molecule has 3 heterocycles. The molecule has 1 aromatic carbocycles. The second-order valence-electron chi connectivity index (χ2n) is 8.12. The highest BCUT2D eigenvalue weighted by atomic mass is 16.5. The number of nitrogens with zero attached hydrogens (tertiary/aromatic N) is 1. The van der Waals surface area contributed by atoms with E-state index in [0.717, 1.165) is 17.7 Å². The van der Waals surface area contributed by atoms with Gasteiger partial charge in [0.2, 0.25) is 5.43 Å². The highest BCUT2D eigenvalue weighted by Gasteiger charge is 2.23. The molecule has 0 radical (unpaired) electrons. The third-order valence-corrected chi connectivity index (χ3v) is 5.65. The maximum Gasteiger partial charge on any atom is 0.257 e. The second-order valence-corrected chi connectivity index (χ2v) is 8.12. The monoisotopic (exact) mass is 461 g/mol. The number of fused-ring (bicyclic) bond motifs is 1. The quantitative estimate of drug-likeness (QED) is 0.502. The van der Waals surface area contributed by atoms with Crippen LogP contribution < -0.4 is 16.1 Å². The molecule has 1 aliphatic rings. The summed E-state index contributed by atoms with van der Waals surface area (Å²) in [4.78, 5) is 38.7. The van der Waals surface area contributed by atoms with Crippen LogP contribution in [0.4, 0.5) is 0 Å². The molecule has 0 aliphatic carbocycles. The molecule has 8 nitrogen and oxygen atoms in total. The van der Waals surface area contributed by atoms with Crippen LogP contribution in [0.1, 0.15) is 49.5 Å². The SMILES string of the molecule is C=CCNC(=O)c1cn(Cc2ccc(C)o2)cc(C(=O)NC[C@@H]2OCCc3ccccc32)c1=O. The van der Waals surface area contributed by atoms with E-state index in [1.54, 1.807) is 4.57 Å². The van der Waals surface area contributed by atoms with E-state index in [2.05, 4.69) is 17.2 Å². The van der Waals surface area contributed by atoms with Gasteiger partial charge in [0.1, 0.15) is 28.8 Å². The van der Waals surface area contributed by atoms with Crippen molar-refractivity contribution in [1.82, 2.24) is 15.2 Å². The van der Waals surface area contributed by atoms with Gasteiger partial charge in [-0.3, -0.25) is 14.4 Å². The summed E-state index contributed by atoms with van der Waals surface area (Å²) < 4.78 is 13.1. The maximum atomic E-state index is 13.1. The Kier molecular flexibility index (Phi) is 7.08. The molecule has 0 saturated carbocycles. The van der Waals surface area contributed by atoms with Gasteiger partial charge < -0.3 is 24.4 Å². The van der Waals surface area contributed by atoms with Gasteiger partial charge in [-0.15, -0.1) is 6.58 Å². The normalized spacial score (nSPS) is 14.8.